The molecule has 0 fully saturated rings. The predicted molar refractivity (Wildman–Crippen MR) is 110 cm³/mol. The predicted octanol–water partition coefficient (Wildman–Crippen LogP) is 5.96. The van der Waals surface area contributed by atoms with E-state index in [4.69, 9.17) is 46.4 Å². The maximum atomic E-state index is 12.1. The first-order chi connectivity index (χ1) is 12.2. The van der Waals surface area contributed by atoms with E-state index in [-0.39, 0.29) is 11.4 Å². The van der Waals surface area contributed by atoms with Crippen LogP contribution in [0.25, 0.3) is 0 Å². The topological polar surface area (TPSA) is 66.1 Å². The summed E-state index contributed by atoms with van der Waals surface area (Å²) in [6, 6.07) is 4.48. The maximum Gasteiger partial charge on any atom is 0.319 e. The van der Waals surface area contributed by atoms with E-state index in [2.05, 4.69) is 20.9 Å². The highest BCUT2D eigenvalue weighted by Gasteiger charge is 2.20. The lowest BCUT2D eigenvalue weighted by atomic mass is 9.93. The Balaban J connectivity index is 1.87. The quantitative estimate of drug-likeness (QED) is 0.524. The molecule has 0 aliphatic carbocycles. The van der Waals surface area contributed by atoms with Gasteiger partial charge in [-0.15, -0.1) is 0 Å². The molecule has 5 nitrogen and oxygen atoms in total. The summed E-state index contributed by atoms with van der Waals surface area (Å²) in [7, 11) is 0. The SMILES string of the molecule is CC(C)(CNC(=O)Nc1cc(Cl)cc(Cl)c1)CNc1c(Cl)cncc1Cl. The number of benzene rings is 1. The molecular formula is C17H18Cl4N4O. The average molecular weight is 436 g/mol. The minimum absolute atomic E-state index is 0.265. The monoisotopic (exact) mass is 434 g/mol. The van der Waals surface area contributed by atoms with Crippen molar-refractivity contribution >= 4 is 63.8 Å². The Morgan fingerprint density at radius 3 is 2.15 bits per heavy atom. The van der Waals surface area contributed by atoms with Crippen molar-refractivity contribution in [3.63, 3.8) is 0 Å². The van der Waals surface area contributed by atoms with Gasteiger partial charge in [0.05, 0.1) is 15.7 Å². The molecule has 0 saturated carbocycles. The molecule has 0 aliphatic heterocycles. The van der Waals surface area contributed by atoms with Gasteiger partial charge in [0.25, 0.3) is 0 Å². The van der Waals surface area contributed by atoms with Crippen molar-refractivity contribution in [3.8, 4) is 0 Å². The summed E-state index contributed by atoms with van der Waals surface area (Å²) in [5, 5.41) is 10.5. The third-order valence-corrected chi connectivity index (χ3v) is 4.45. The zero-order chi connectivity index (χ0) is 19.3. The summed E-state index contributed by atoms with van der Waals surface area (Å²) in [5.41, 5.74) is 0.875. The lowest BCUT2D eigenvalue weighted by Gasteiger charge is -2.26. The number of hydrogen-bond acceptors (Lipinski definition) is 3. The van der Waals surface area contributed by atoms with Crippen LogP contribution in [0.5, 0.6) is 0 Å². The van der Waals surface area contributed by atoms with Gasteiger partial charge in [-0.2, -0.15) is 0 Å². The zero-order valence-corrected chi connectivity index (χ0v) is 17.2. The van der Waals surface area contributed by atoms with Crippen molar-refractivity contribution in [2.75, 3.05) is 23.7 Å². The molecule has 2 amide bonds. The lowest BCUT2D eigenvalue weighted by molar-refractivity contribution is 0.246. The Kier molecular flexibility index (Phi) is 7.24. The fraction of sp³-hybridized carbons (Fsp3) is 0.294. The largest absolute Gasteiger partial charge is 0.382 e. The van der Waals surface area contributed by atoms with Crippen LogP contribution in [0, 0.1) is 5.41 Å². The molecule has 0 saturated heterocycles. The molecule has 3 N–H and O–H groups in total. The molecule has 0 aliphatic rings. The Morgan fingerprint density at radius 1 is 1.00 bits per heavy atom. The van der Waals surface area contributed by atoms with Gasteiger partial charge >= 0.3 is 6.03 Å². The first-order valence-electron chi connectivity index (χ1n) is 7.70. The number of halogens is 4. The molecule has 0 atom stereocenters. The minimum Gasteiger partial charge on any atom is -0.382 e. The highest BCUT2D eigenvalue weighted by atomic mass is 35.5. The summed E-state index contributed by atoms with van der Waals surface area (Å²) in [5.74, 6) is 0. The van der Waals surface area contributed by atoms with E-state index in [0.717, 1.165) is 0 Å². The van der Waals surface area contributed by atoms with Gasteiger partial charge in [0.1, 0.15) is 0 Å². The van der Waals surface area contributed by atoms with E-state index in [0.29, 0.717) is 44.6 Å². The first-order valence-corrected chi connectivity index (χ1v) is 9.21. The summed E-state index contributed by atoms with van der Waals surface area (Å²) < 4.78 is 0. The molecule has 26 heavy (non-hydrogen) atoms. The minimum atomic E-state index is -0.351. The van der Waals surface area contributed by atoms with E-state index in [1.165, 1.54) is 12.4 Å². The molecule has 0 radical (unpaired) electrons. The average Bonchev–Trinajstić information content (AvgIpc) is 2.51. The number of urea groups is 1. The van der Waals surface area contributed by atoms with Gasteiger partial charge in [-0.1, -0.05) is 60.3 Å². The number of carbonyl (C=O) groups is 1. The second-order valence-electron chi connectivity index (χ2n) is 6.46. The number of pyridine rings is 1. The third-order valence-electron chi connectivity index (χ3n) is 3.45. The third kappa shape index (κ3) is 6.40. The number of amides is 2. The summed E-state index contributed by atoms with van der Waals surface area (Å²) in [6.07, 6.45) is 3.04. The van der Waals surface area contributed by atoms with Crippen LogP contribution in [0.4, 0.5) is 16.2 Å². The molecule has 1 heterocycles. The molecule has 0 spiro atoms. The lowest BCUT2D eigenvalue weighted by Crippen LogP contribution is -2.40. The van der Waals surface area contributed by atoms with Crippen LogP contribution in [-0.4, -0.2) is 24.1 Å². The molecule has 2 rings (SSSR count). The van der Waals surface area contributed by atoms with Gasteiger partial charge in [-0.05, 0) is 23.6 Å². The van der Waals surface area contributed by atoms with E-state index in [1.807, 2.05) is 13.8 Å². The Hall–Kier alpha value is -1.40. The van der Waals surface area contributed by atoms with Crippen molar-refractivity contribution < 1.29 is 4.79 Å². The number of nitrogens with zero attached hydrogens (tertiary/aromatic N) is 1. The second kappa shape index (κ2) is 9.00. The molecule has 2 aromatic rings. The highest BCUT2D eigenvalue weighted by molar-refractivity contribution is 6.38. The fourth-order valence-corrected chi connectivity index (χ4v) is 3.12. The van der Waals surface area contributed by atoms with Crippen molar-refractivity contribution in [1.82, 2.24) is 10.3 Å². The van der Waals surface area contributed by atoms with Gasteiger partial charge in [0, 0.05) is 41.2 Å². The number of nitrogens with one attached hydrogen (secondary N) is 3. The van der Waals surface area contributed by atoms with Gasteiger partial charge in [-0.25, -0.2) is 4.79 Å². The van der Waals surface area contributed by atoms with Crippen LogP contribution in [0.2, 0.25) is 20.1 Å². The summed E-state index contributed by atoms with van der Waals surface area (Å²) in [6.45, 7) is 4.96. The van der Waals surface area contributed by atoms with Crippen molar-refractivity contribution in [2.24, 2.45) is 5.41 Å². The van der Waals surface area contributed by atoms with Crippen LogP contribution < -0.4 is 16.0 Å². The van der Waals surface area contributed by atoms with Gasteiger partial charge < -0.3 is 16.0 Å². The van der Waals surface area contributed by atoms with E-state index >= 15 is 0 Å². The Morgan fingerprint density at radius 2 is 1.58 bits per heavy atom. The van der Waals surface area contributed by atoms with Gasteiger partial charge in [0.2, 0.25) is 0 Å². The second-order valence-corrected chi connectivity index (χ2v) is 8.15. The molecule has 1 aromatic carbocycles. The Labute approximate surface area is 172 Å². The molecule has 1 aromatic heterocycles. The number of rotatable bonds is 6. The summed E-state index contributed by atoms with van der Waals surface area (Å²) >= 11 is 24.0. The van der Waals surface area contributed by atoms with E-state index < -0.39 is 0 Å². The number of hydrogen-bond donors (Lipinski definition) is 3. The molecule has 0 bridgehead atoms. The van der Waals surface area contributed by atoms with Crippen molar-refractivity contribution in [1.29, 1.82) is 0 Å². The van der Waals surface area contributed by atoms with Crippen LogP contribution in [0.3, 0.4) is 0 Å². The van der Waals surface area contributed by atoms with Crippen LogP contribution in [0.15, 0.2) is 30.6 Å². The van der Waals surface area contributed by atoms with Crippen LogP contribution in [-0.2, 0) is 0 Å². The maximum absolute atomic E-state index is 12.1. The van der Waals surface area contributed by atoms with Crippen molar-refractivity contribution in [2.45, 2.75) is 13.8 Å². The molecule has 0 unspecified atom stereocenters. The van der Waals surface area contributed by atoms with Gasteiger partial charge in [-0.3, -0.25) is 4.98 Å². The standard InChI is InChI=1S/C17H18Cl4N4O/c1-17(2,8-23-15-13(20)6-22-7-14(15)21)9-24-16(26)25-12-4-10(18)3-11(19)5-12/h3-7H,8-9H2,1-2H3,(H,22,23)(H2,24,25,26). The van der Waals surface area contributed by atoms with Crippen LogP contribution >= 0.6 is 46.4 Å². The smallest absolute Gasteiger partial charge is 0.319 e. The van der Waals surface area contributed by atoms with Crippen molar-refractivity contribution in [3.05, 3.63) is 50.7 Å². The molecule has 140 valence electrons. The fourth-order valence-electron chi connectivity index (χ4n) is 2.09. The highest BCUT2D eigenvalue weighted by Crippen LogP contribution is 2.29. The number of anilines is 2. The van der Waals surface area contributed by atoms with Crippen LogP contribution in [0.1, 0.15) is 13.8 Å². The number of carbonyl (C=O) groups excluding carboxylic acids is 1. The first kappa shape index (κ1) is 20.9. The van der Waals surface area contributed by atoms with E-state index in [9.17, 15) is 4.79 Å². The zero-order valence-electron chi connectivity index (χ0n) is 14.2. The number of aromatic nitrogens is 1. The van der Waals surface area contributed by atoms with E-state index in [1.54, 1.807) is 18.2 Å². The molecule has 9 heteroatoms. The Bertz CT molecular complexity index is 758. The summed E-state index contributed by atoms with van der Waals surface area (Å²) in [4.78, 5) is 16.0. The normalized spacial score (nSPS) is 11.2. The molecular weight excluding hydrogens is 418 g/mol. The van der Waals surface area contributed by atoms with Gasteiger partial charge in [0.15, 0.2) is 0 Å².